The average molecular weight is 342 g/mol. The highest BCUT2D eigenvalue weighted by Gasteiger charge is 2.31. The van der Waals surface area contributed by atoms with Crippen molar-refractivity contribution in [2.75, 3.05) is 24.3 Å². The number of sulfonamides is 1. The van der Waals surface area contributed by atoms with E-state index in [-0.39, 0.29) is 22.5 Å². The number of hydrogen-bond acceptors (Lipinski definition) is 6. The molecule has 9 heteroatoms. The van der Waals surface area contributed by atoms with Crippen LogP contribution in [0.3, 0.4) is 0 Å². The first kappa shape index (κ1) is 15.3. The minimum Gasteiger partial charge on any atom is -0.482 e. The Balaban J connectivity index is 1.91. The van der Waals surface area contributed by atoms with E-state index in [9.17, 15) is 18.0 Å². The van der Waals surface area contributed by atoms with Crippen LogP contribution in [0.25, 0.3) is 0 Å². The molecule has 0 aliphatic carbocycles. The van der Waals surface area contributed by atoms with Gasteiger partial charge in [0.25, 0.3) is 5.91 Å². The Morgan fingerprint density at radius 3 is 2.82 bits per heavy atom. The van der Waals surface area contributed by atoms with Crippen LogP contribution in [0.15, 0.2) is 23.1 Å². The van der Waals surface area contributed by atoms with E-state index >= 15 is 0 Å². The zero-order valence-corrected chi connectivity index (χ0v) is 13.4. The first-order valence-electron chi connectivity index (χ1n) is 6.61. The number of benzene rings is 1. The normalized spacial score (nSPS) is 21.7. The fourth-order valence-corrected chi connectivity index (χ4v) is 4.53. The van der Waals surface area contributed by atoms with E-state index in [1.807, 2.05) is 0 Å². The summed E-state index contributed by atoms with van der Waals surface area (Å²) in [6.45, 7) is -0.0678. The SMILES string of the molecule is CN1C(=O)COc2ccc(S(=O)(=O)N[C@H]3CCSC3=O)cc21. The van der Waals surface area contributed by atoms with Crippen molar-refractivity contribution >= 4 is 38.5 Å². The minimum atomic E-state index is -3.83. The van der Waals surface area contributed by atoms with Crippen molar-refractivity contribution in [2.45, 2.75) is 17.4 Å². The van der Waals surface area contributed by atoms with Crippen molar-refractivity contribution in [3.05, 3.63) is 18.2 Å². The van der Waals surface area contributed by atoms with E-state index < -0.39 is 16.1 Å². The van der Waals surface area contributed by atoms with Gasteiger partial charge in [-0.05, 0) is 24.6 Å². The maximum absolute atomic E-state index is 12.4. The molecule has 118 valence electrons. The number of likely N-dealkylation sites (N-methyl/N-ethyl adjacent to an activating group) is 1. The molecule has 2 aliphatic heterocycles. The second-order valence-corrected chi connectivity index (χ2v) is 7.81. The number of ether oxygens (including phenoxy) is 1. The molecule has 1 amide bonds. The van der Waals surface area contributed by atoms with Crippen molar-refractivity contribution in [1.82, 2.24) is 4.72 Å². The van der Waals surface area contributed by atoms with Gasteiger partial charge in [0.2, 0.25) is 15.1 Å². The molecule has 0 bridgehead atoms. The second-order valence-electron chi connectivity index (χ2n) is 5.00. The van der Waals surface area contributed by atoms with Crippen molar-refractivity contribution in [2.24, 2.45) is 0 Å². The molecule has 2 aliphatic rings. The third kappa shape index (κ3) is 2.71. The predicted octanol–water partition coefficient (Wildman–Crippen LogP) is 0.352. The lowest BCUT2D eigenvalue weighted by atomic mass is 10.2. The van der Waals surface area contributed by atoms with Crippen LogP contribution in [-0.4, -0.2) is 44.9 Å². The lowest BCUT2D eigenvalue weighted by Crippen LogP contribution is -2.38. The van der Waals surface area contributed by atoms with Crippen LogP contribution in [0.1, 0.15) is 6.42 Å². The third-order valence-corrected chi connectivity index (χ3v) is 6.04. The molecule has 1 saturated heterocycles. The lowest BCUT2D eigenvalue weighted by Gasteiger charge is -2.26. The predicted molar refractivity (Wildman–Crippen MR) is 81.5 cm³/mol. The summed E-state index contributed by atoms with van der Waals surface area (Å²) in [6.07, 6.45) is 0.481. The Hall–Kier alpha value is -1.58. The maximum atomic E-state index is 12.4. The van der Waals surface area contributed by atoms with Gasteiger partial charge in [-0.25, -0.2) is 8.42 Å². The number of anilines is 1. The van der Waals surface area contributed by atoms with Crippen LogP contribution < -0.4 is 14.4 Å². The highest BCUT2D eigenvalue weighted by atomic mass is 32.2. The van der Waals surface area contributed by atoms with Crippen LogP contribution in [0.4, 0.5) is 5.69 Å². The molecule has 1 atom stereocenters. The Bertz CT molecular complexity index is 747. The molecule has 3 rings (SSSR count). The summed E-state index contributed by atoms with van der Waals surface area (Å²) in [5.74, 6) is 0.812. The van der Waals surface area contributed by atoms with E-state index in [4.69, 9.17) is 4.74 Å². The molecule has 7 nitrogen and oxygen atoms in total. The van der Waals surface area contributed by atoms with Gasteiger partial charge in [-0.2, -0.15) is 4.72 Å². The highest BCUT2D eigenvalue weighted by Crippen LogP contribution is 2.33. The van der Waals surface area contributed by atoms with Gasteiger partial charge >= 0.3 is 0 Å². The zero-order valence-electron chi connectivity index (χ0n) is 11.7. The van der Waals surface area contributed by atoms with E-state index in [1.165, 1.54) is 23.1 Å². The monoisotopic (exact) mass is 342 g/mol. The summed E-state index contributed by atoms with van der Waals surface area (Å²) >= 11 is 1.13. The van der Waals surface area contributed by atoms with Crippen LogP contribution in [-0.2, 0) is 19.6 Å². The molecule has 1 N–H and O–H groups in total. The van der Waals surface area contributed by atoms with Gasteiger partial charge in [0, 0.05) is 12.8 Å². The number of nitrogens with one attached hydrogen (secondary N) is 1. The summed E-state index contributed by atoms with van der Waals surface area (Å²) < 4.78 is 32.5. The average Bonchev–Trinajstić information content (AvgIpc) is 2.87. The number of rotatable bonds is 3. The van der Waals surface area contributed by atoms with E-state index in [1.54, 1.807) is 7.05 Å². The van der Waals surface area contributed by atoms with Crippen molar-refractivity contribution in [1.29, 1.82) is 0 Å². The fraction of sp³-hybridized carbons (Fsp3) is 0.385. The second kappa shape index (κ2) is 5.56. The van der Waals surface area contributed by atoms with E-state index in [2.05, 4.69) is 4.72 Å². The molecular formula is C13H14N2O5S2. The van der Waals surface area contributed by atoms with E-state index in [0.29, 0.717) is 23.6 Å². The molecule has 0 aromatic heterocycles. The molecular weight excluding hydrogens is 328 g/mol. The number of carbonyl (C=O) groups is 2. The molecule has 0 radical (unpaired) electrons. The summed E-state index contributed by atoms with van der Waals surface area (Å²) in [4.78, 5) is 24.6. The summed E-state index contributed by atoms with van der Waals surface area (Å²) in [5, 5.41) is -0.169. The first-order chi connectivity index (χ1) is 10.4. The zero-order chi connectivity index (χ0) is 15.9. The van der Waals surface area contributed by atoms with Gasteiger partial charge in [-0.15, -0.1) is 0 Å². The molecule has 0 saturated carbocycles. The van der Waals surface area contributed by atoms with Gasteiger partial charge in [-0.3, -0.25) is 9.59 Å². The van der Waals surface area contributed by atoms with Gasteiger partial charge in [0.1, 0.15) is 5.75 Å². The molecule has 0 spiro atoms. The van der Waals surface area contributed by atoms with Gasteiger partial charge in [0.15, 0.2) is 6.61 Å². The number of amides is 1. The molecule has 2 heterocycles. The van der Waals surface area contributed by atoms with Crippen molar-refractivity contribution in [3.8, 4) is 5.75 Å². The Morgan fingerprint density at radius 1 is 1.36 bits per heavy atom. The molecule has 1 aromatic rings. The molecule has 22 heavy (non-hydrogen) atoms. The number of carbonyl (C=O) groups excluding carboxylic acids is 2. The molecule has 1 aromatic carbocycles. The topological polar surface area (TPSA) is 92.8 Å². The summed E-state index contributed by atoms with van der Waals surface area (Å²) in [5.41, 5.74) is 0.395. The lowest BCUT2D eigenvalue weighted by molar-refractivity contribution is -0.121. The Morgan fingerprint density at radius 2 is 2.14 bits per heavy atom. The highest BCUT2D eigenvalue weighted by molar-refractivity contribution is 8.14. The number of fused-ring (bicyclic) bond motifs is 1. The quantitative estimate of drug-likeness (QED) is 0.852. The molecule has 1 fully saturated rings. The van der Waals surface area contributed by atoms with Gasteiger partial charge < -0.3 is 9.64 Å². The van der Waals surface area contributed by atoms with E-state index in [0.717, 1.165) is 11.8 Å². The van der Waals surface area contributed by atoms with Crippen LogP contribution in [0.2, 0.25) is 0 Å². The number of nitrogens with zero attached hydrogens (tertiary/aromatic N) is 1. The number of thioether (sulfide) groups is 1. The first-order valence-corrected chi connectivity index (χ1v) is 9.08. The summed E-state index contributed by atoms with van der Waals surface area (Å²) in [6, 6.07) is 3.60. The van der Waals surface area contributed by atoms with Crippen LogP contribution in [0, 0.1) is 0 Å². The molecule has 0 unspecified atom stereocenters. The minimum absolute atomic E-state index is 0.00102. The van der Waals surface area contributed by atoms with Crippen LogP contribution in [0.5, 0.6) is 5.75 Å². The van der Waals surface area contributed by atoms with Gasteiger partial charge in [0.05, 0.1) is 16.6 Å². The van der Waals surface area contributed by atoms with Crippen LogP contribution >= 0.6 is 11.8 Å². The van der Waals surface area contributed by atoms with Crippen molar-refractivity contribution in [3.63, 3.8) is 0 Å². The maximum Gasteiger partial charge on any atom is 0.264 e. The summed E-state index contributed by atoms with van der Waals surface area (Å²) in [7, 11) is -2.27. The number of hydrogen-bond donors (Lipinski definition) is 1. The van der Waals surface area contributed by atoms with Gasteiger partial charge in [-0.1, -0.05) is 11.8 Å². The fourth-order valence-electron chi connectivity index (χ4n) is 2.28. The Labute approximate surface area is 132 Å². The standard InChI is InChI=1S/C13H14N2O5S2/c1-15-10-6-8(2-3-11(10)20-7-12(15)16)22(18,19)14-9-4-5-21-13(9)17/h2-3,6,9,14H,4-5,7H2,1H3/t9-/m0/s1. The smallest absolute Gasteiger partial charge is 0.264 e. The van der Waals surface area contributed by atoms with Crippen molar-refractivity contribution < 1.29 is 22.7 Å². The Kier molecular flexibility index (Phi) is 3.87. The largest absolute Gasteiger partial charge is 0.482 e. The third-order valence-electron chi connectivity index (χ3n) is 3.56.